The van der Waals surface area contributed by atoms with Gasteiger partial charge in [0.05, 0.1) is 19.2 Å². The maximum atomic E-state index is 13.5. The Morgan fingerprint density at radius 2 is 1.93 bits per heavy atom. The Hall–Kier alpha value is -2.82. The molecule has 0 fully saturated rings. The average molecular weight is 362 g/mol. The highest BCUT2D eigenvalue weighted by molar-refractivity contribution is 6.10. The van der Waals surface area contributed by atoms with E-state index in [-0.39, 0.29) is 17.7 Å². The number of aryl methyl sites for hydroxylation is 2. The van der Waals surface area contributed by atoms with Crippen LogP contribution in [0.2, 0.25) is 0 Å². The van der Waals surface area contributed by atoms with Gasteiger partial charge in [-0.05, 0) is 48.6 Å². The molecule has 2 aromatic carbocycles. The molecule has 0 unspecified atom stereocenters. The molecule has 5 nitrogen and oxygen atoms in total. The van der Waals surface area contributed by atoms with Crippen LogP contribution in [0.1, 0.15) is 54.5 Å². The summed E-state index contributed by atoms with van der Waals surface area (Å²) >= 11 is 0. The van der Waals surface area contributed by atoms with Gasteiger partial charge in [-0.25, -0.2) is 4.79 Å². The van der Waals surface area contributed by atoms with Gasteiger partial charge in [-0.2, -0.15) is 10.2 Å². The van der Waals surface area contributed by atoms with Crippen molar-refractivity contribution in [3.8, 4) is 0 Å². The summed E-state index contributed by atoms with van der Waals surface area (Å²) in [6.45, 7) is 6.27. The zero-order valence-corrected chi connectivity index (χ0v) is 16.0. The molecular formula is C22H22N2O3. The largest absolute Gasteiger partial charge is 0.465 e. The van der Waals surface area contributed by atoms with Crippen molar-refractivity contribution in [2.24, 2.45) is 10.2 Å². The van der Waals surface area contributed by atoms with E-state index in [0.29, 0.717) is 18.5 Å². The molecule has 0 bridgehead atoms. The van der Waals surface area contributed by atoms with Crippen LogP contribution in [0.25, 0.3) is 0 Å². The molecular weight excluding hydrogens is 340 g/mol. The van der Waals surface area contributed by atoms with Crippen LogP contribution >= 0.6 is 0 Å². The molecule has 1 aliphatic carbocycles. The van der Waals surface area contributed by atoms with E-state index in [1.165, 1.54) is 7.11 Å². The smallest absolute Gasteiger partial charge is 0.338 e. The first kappa shape index (κ1) is 17.6. The topological polar surface area (TPSA) is 68.1 Å². The van der Waals surface area contributed by atoms with Crippen molar-refractivity contribution in [1.82, 2.24) is 0 Å². The fourth-order valence-corrected chi connectivity index (χ4v) is 4.47. The van der Waals surface area contributed by atoms with Gasteiger partial charge in [-0.15, -0.1) is 0 Å². The Morgan fingerprint density at radius 1 is 1.15 bits per heavy atom. The van der Waals surface area contributed by atoms with E-state index in [9.17, 15) is 9.59 Å². The Bertz CT molecular complexity index is 1010. The minimum absolute atomic E-state index is 0.0160. The molecule has 1 spiro atoms. The molecule has 0 saturated carbocycles. The zero-order valence-electron chi connectivity index (χ0n) is 16.0. The van der Waals surface area contributed by atoms with Crippen molar-refractivity contribution < 1.29 is 14.3 Å². The lowest BCUT2D eigenvalue weighted by atomic mass is 9.75. The summed E-state index contributed by atoms with van der Waals surface area (Å²) < 4.78 is 5.01. The number of hydrogen-bond donors (Lipinski definition) is 0. The highest BCUT2D eigenvalue weighted by atomic mass is 16.5. The van der Waals surface area contributed by atoms with Gasteiger partial charge < -0.3 is 4.74 Å². The number of carbonyl (C=O) groups excluding carboxylic acids is 2. The van der Waals surface area contributed by atoms with E-state index in [1.54, 1.807) is 0 Å². The number of rotatable bonds is 2. The molecule has 1 heterocycles. The summed E-state index contributed by atoms with van der Waals surface area (Å²) in [4.78, 5) is 26.0. The molecule has 0 amide bonds. The second-order valence-electron chi connectivity index (χ2n) is 7.48. The van der Waals surface area contributed by atoms with Crippen LogP contribution in [0.4, 0.5) is 0 Å². The summed E-state index contributed by atoms with van der Waals surface area (Å²) in [5.41, 5.74) is 5.07. The predicted molar refractivity (Wildman–Crippen MR) is 102 cm³/mol. The molecule has 2 aromatic rings. The van der Waals surface area contributed by atoms with Crippen LogP contribution < -0.4 is 0 Å². The van der Waals surface area contributed by atoms with E-state index < -0.39 is 5.54 Å². The van der Waals surface area contributed by atoms with Gasteiger partial charge >= 0.3 is 5.97 Å². The third-order valence-corrected chi connectivity index (χ3v) is 6.06. The number of esters is 1. The van der Waals surface area contributed by atoms with E-state index in [2.05, 4.69) is 10.2 Å². The first-order valence-corrected chi connectivity index (χ1v) is 9.11. The Morgan fingerprint density at radius 3 is 2.67 bits per heavy atom. The summed E-state index contributed by atoms with van der Waals surface area (Å²) in [6.07, 6.45) is 0.519. The molecule has 1 aliphatic heterocycles. The third-order valence-electron chi connectivity index (χ3n) is 6.06. The summed E-state index contributed by atoms with van der Waals surface area (Å²) in [5, 5.41) is 8.74. The average Bonchev–Trinajstić information content (AvgIpc) is 3.20. The van der Waals surface area contributed by atoms with Crippen molar-refractivity contribution in [1.29, 1.82) is 0 Å². The number of benzene rings is 2. The SMILES string of the molecule is COC(=O)c1c(C)cccc1[C@@H]1CN=N[C@]12Cc1ccc(C)c(C)c1C2=O. The summed E-state index contributed by atoms with van der Waals surface area (Å²) in [7, 11) is 1.38. The lowest BCUT2D eigenvalue weighted by molar-refractivity contribution is 0.0596. The van der Waals surface area contributed by atoms with E-state index in [0.717, 1.165) is 33.4 Å². The predicted octanol–water partition coefficient (Wildman–Crippen LogP) is 4.13. The Balaban J connectivity index is 1.87. The molecule has 0 saturated heterocycles. The van der Waals surface area contributed by atoms with Gasteiger partial charge in [-0.3, -0.25) is 4.79 Å². The van der Waals surface area contributed by atoms with Crippen LogP contribution in [-0.4, -0.2) is 30.9 Å². The number of azo groups is 1. The first-order chi connectivity index (χ1) is 12.9. The van der Waals surface area contributed by atoms with E-state index in [4.69, 9.17) is 4.74 Å². The number of fused-ring (bicyclic) bond motifs is 1. The van der Waals surface area contributed by atoms with E-state index >= 15 is 0 Å². The Kier molecular flexibility index (Phi) is 3.98. The number of Topliss-reactive ketones (excluding diaryl/α,β-unsaturated/α-hetero) is 1. The fourth-order valence-electron chi connectivity index (χ4n) is 4.47. The normalized spacial score (nSPS) is 23.1. The lowest BCUT2D eigenvalue weighted by Gasteiger charge is -2.27. The molecule has 2 aliphatic rings. The summed E-state index contributed by atoms with van der Waals surface area (Å²) in [5.74, 6) is -0.645. The molecule has 0 aromatic heterocycles. The quantitative estimate of drug-likeness (QED) is 0.755. The van der Waals surface area contributed by atoms with Gasteiger partial charge in [0.25, 0.3) is 0 Å². The van der Waals surface area contributed by atoms with Crippen molar-refractivity contribution in [2.45, 2.75) is 38.6 Å². The molecule has 27 heavy (non-hydrogen) atoms. The molecule has 4 rings (SSSR count). The number of ether oxygens (including phenoxy) is 1. The van der Waals surface area contributed by atoms with E-state index in [1.807, 2.05) is 51.1 Å². The van der Waals surface area contributed by atoms with Crippen molar-refractivity contribution in [3.63, 3.8) is 0 Å². The minimum Gasteiger partial charge on any atom is -0.465 e. The molecule has 138 valence electrons. The van der Waals surface area contributed by atoms with Gasteiger partial charge in [0, 0.05) is 17.9 Å². The molecule has 2 atom stereocenters. The van der Waals surface area contributed by atoms with Crippen molar-refractivity contribution in [2.75, 3.05) is 13.7 Å². The second kappa shape index (κ2) is 6.12. The van der Waals surface area contributed by atoms with Crippen LogP contribution in [0, 0.1) is 20.8 Å². The second-order valence-corrected chi connectivity index (χ2v) is 7.48. The Labute approximate surface area is 158 Å². The molecule has 0 N–H and O–H groups in total. The number of nitrogens with zero attached hydrogens (tertiary/aromatic N) is 2. The van der Waals surface area contributed by atoms with Gasteiger partial charge in [0.15, 0.2) is 11.3 Å². The first-order valence-electron chi connectivity index (χ1n) is 9.11. The molecule has 0 radical (unpaired) electrons. The van der Waals surface area contributed by atoms with Crippen molar-refractivity contribution in [3.05, 3.63) is 69.3 Å². The van der Waals surface area contributed by atoms with Gasteiger partial charge in [-0.1, -0.05) is 30.3 Å². The number of ketones is 1. The maximum absolute atomic E-state index is 13.5. The van der Waals surface area contributed by atoms with Crippen molar-refractivity contribution >= 4 is 11.8 Å². The lowest BCUT2D eigenvalue weighted by Crippen LogP contribution is -2.39. The van der Waals surface area contributed by atoms with Crippen LogP contribution in [-0.2, 0) is 11.2 Å². The molecule has 5 heteroatoms. The number of carbonyl (C=O) groups is 2. The third kappa shape index (κ3) is 2.37. The maximum Gasteiger partial charge on any atom is 0.338 e. The van der Waals surface area contributed by atoms with Crippen LogP contribution in [0.5, 0.6) is 0 Å². The number of hydrogen-bond acceptors (Lipinski definition) is 5. The van der Waals surface area contributed by atoms with Crippen LogP contribution in [0.15, 0.2) is 40.6 Å². The summed E-state index contributed by atoms with van der Waals surface area (Å²) in [6, 6.07) is 9.76. The standard InChI is InChI=1S/C22H22N2O3/c1-12-8-9-15-10-22(20(25)19(15)14(12)3)17(11-23-24-22)16-7-5-6-13(2)18(16)21(26)27-4/h5-9,17H,10-11H2,1-4H3/t17-,22+/m0/s1. The number of methoxy groups -OCH3 is 1. The monoisotopic (exact) mass is 362 g/mol. The fraction of sp³-hybridized carbons (Fsp3) is 0.364. The minimum atomic E-state index is -0.961. The zero-order chi connectivity index (χ0) is 19.3. The highest BCUT2D eigenvalue weighted by Gasteiger charge is 2.55. The van der Waals surface area contributed by atoms with Gasteiger partial charge in [0.1, 0.15) is 0 Å². The highest BCUT2D eigenvalue weighted by Crippen LogP contribution is 2.48. The van der Waals surface area contributed by atoms with Crippen LogP contribution in [0.3, 0.4) is 0 Å². The van der Waals surface area contributed by atoms with Gasteiger partial charge in [0.2, 0.25) is 0 Å².